The van der Waals surface area contributed by atoms with Crippen molar-refractivity contribution in [2.45, 2.75) is 6.54 Å². The van der Waals surface area contributed by atoms with Gasteiger partial charge in [-0.1, -0.05) is 29.3 Å². The molecule has 1 heterocycles. The van der Waals surface area contributed by atoms with Gasteiger partial charge in [0.05, 0.1) is 22.3 Å². The molecule has 0 spiro atoms. The quantitative estimate of drug-likeness (QED) is 0.243. The summed E-state index contributed by atoms with van der Waals surface area (Å²) in [6.45, 7) is 1.52. The van der Waals surface area contributed by atoms with Gasteiger partial charge in [0.25, 0.3) is 5.91 Å². The Bertz CT molecular complexity index is 743. The van der Waals surface area contributed by atoms with E-state index in [0.717, 1.165) is 5.69 Å². The molecule has 1 aromatic heterocycles. The predicted molar refractivity (Wildman–Crippen MR) is 117 cm³/mol. The molecule has 0 saturated heterocycles. The van der Waals surface area contributed by atoms with Crippen molar-refractivity contribution in [3.63, 3.8) is 0 Å². The summed E-state index contributed by atoms with van der Waals surface area (Å²) >= 11 is 11.8. The van der Waals surface area contributed by atoms with Gasteiger partial charge >= 0.3 is 0 Å². The lowest BCUT2D eigenvalue weighted by Gasteiger charge is -2.12. The molecule has 0 aliphatic heterocycles. The van der Waals surface area contributed by atoms with Crippen LogP contribution in [0.5, 0.6) is 0 Å². The van der Waals surface area contributed by atoms with Crippen LogP contribution in [0, 0.1) is 0 Å². The number of carbonyl (C=O) groups is 1. The Balaban J connectivity index is 0.00000338. The number of aromatic nitrogens is 1. The first-order valence-electron chi connectivity index (χ1n) is 7.68. The van der Waals surface area contributed by atoms with Gasteiger partial charge in [-0.25, -0.2) is 0 Å². The normalized spacial score (nSPS) is 10.7. The number of nitrogens with one attached hydrogen (secondary N) is 3. The van der Waals surface area contributed by atoms with Crippen LogP contribution >= 0.6 is 47.2 Å². The van der Waals surface area contributed by atoms with Crippen LogP contribution in [0.25, 0.3) is 0 Å². The molecule has 0 saturated carbocycles. The van der Waals surface area contributed by atoms with Crippen LogP contribution in [0.1, 0.15) is 16.1 Å². The third-order valence-electron chi connectivity index (χ3n) is 3.27. The summed E-state index contributed by atoms with van der Waals surface area (Å²) in [5.74, 6) is 0.422. The third kappa shape index (κ3) is 7.35. The number of amides is 1. The minimum atomic E-state index is -0.211. The molecule has 140 valence electrons. The maximum atomic E-state index is 12.0. The van der Waals surface area contributed by atoms with E-state index >= 15 is 0 Å². The molecule has 0 aliphatic carbocycles. The summed E-state index contributed by atoms with van der Waals surface area (Å²) in [4.78, 5) is 20.4. The lowest BCUT2D eigenvalue weighted by atomic mass is 10.2. The minimum Gasteiger partial charge on any atom is -0.355 e. The fraction of sp³-hybridized carbons (Fsp3) is 0.235. The number of carbonyl (C=O) groups excluding carboxylic acids is 1. The molecule has 0 atom stereocenters. The summed E-state index contributed by atoms with van der Waals surface area (Å²) in [6, 6.07) is 10.5. The molecule has 9 heteroatoms. The molecular formula is C17H20Cl2IN5O. The van der Waals surface area contributed by atoms with Gasteiger partial charge in [-0.05, 0) is 30.3 Å². The second-order valence-electron chi connectivity index (χ2n) is 5.06. The smallest absolute Gasteiger partial charge is 0.251 e. The molecular weight excluding hydrogens is 488 g/mol. The maximum absolute atomic E-state index is 12.0. The number of halogens is 3. The van der Waals surface area contributed by atoms with Crippen molar-refractivity contribution < 1.29 is 4.79 Å². The Morgan fingerprint density at radius 1 is 1.08 bits per heavy atom. The number of hydrogen-bond acceptors (Lipinski definition) is 3. The molecule has 0 radical (unpaired) electrons. The third-order valence-corrected chi connectivity index (χ3v) is 4.01. The number of hydrogen-bond donors (Lipinski definition) is 3. The Kier molecular flexibility index (Phi) is 10.3. The highest BCUT2D eigenvalue weighted by Gasteiger charge is 2.07. The van der Waals surface area contributed by atoms with E-state index in [1.807, 2.05) is 18.2 Å². The Hall–Kier alpha value is -1.58. The van der Waals surface area contributed by atoms with Crippen LogP contribution in [0.3, 0.4) is 0 Å². The summed E-state index contributed by atoms with van der Waals surface area (Å²) in [5.41, 5.74) is 1.38. The van der Waals surface area contributed by atoms with E-state index in [4.69, 9.17) is 23.2 Å². The predicted octanol–water partition coefficient (Wildman–Crippen LogP) is 3.10. The van der Waals surface area contributed by atoms with E-state index in [0.29, 0.717) is 41.2 Å². The van der Waals surface area contributed by atoms with Crippen molar-refractivity contribution in [2.24, 2.45) is 4.99 Å². The zero-order chi connectivity index (χ0) is 18.1. The van der Waals surface area contributed by atoms with E-state index < -0.39 is 0 Å². The number of guanidine groups is 1. The van der Waals surface area contributed by atoms with E-state index in [9.17, 15) is 4.79 Å². The molecule has 0 bridgehead atoms. The number of rotatable bonds is 6. The highest BCUT2D eigenvalue weighted by atomic mass is 127. The van der Waals surface area contributed by atoms with Gasteiger partial charge in [-0.3, -0.25) is 14.8 Å². The van der Waals surface area contributed by atoms with Gasteiger partial charge in [0.1, 0.15) is 0 Å². The molecule has 0 unspecified atom stereocenters. The van der Waals surface area contributed by atoms with Gasteiger partial charge in [-0.15, -0.1) is 24.0 Å². The topological polar surface area (TPSA) is 78.4 Å². The highest BCUT2D eigenvalue weighted by Crippen LogP contribution is 2.22. The molecule has 1 amide bonds. The standard InChI is InChI=1S/C17H19Cl2N5O.HI/c1-20-17(24-11-13-4-2-3-7-21-13)23-9-8-22-16(25)12-5-6-14(18)15(19)10-12;/h2-7,10H,8-9,11H2,1H3,(H,22,25)(H2,20,23,24);1H. The van der Waals surface area contributed by atoms with Crippen molar-refractivity contribution in [2.75, 3.05) is 20.1 Å². The van der Waals surface area contributed by atoms with Crippen molar-refractivity contribution in [1.29, 1.82) is 0 Å². The molecule has 2 aromatic rings. The van der Waals surface area contributed by atoms with Gasteiger partial charge in [0.15, 0.2) is 5.96 Å². The first kappa shape index (κ1) is 22.5. The zero-order valence-corrected chi connectivity index (χ0v) is 18.0. The molecule has 6 nitrogen and oxygen atoms in total. The first-order valence-corrected chi connectivity index (χ1v) is 8.43. The van der Waals surface area contributed by atoms with E-state index in [2.05, 4.69) is 25.9 Å². The lowest BCUT2D eigenvalue weighted by Crippen LogP contribution is -2.41. The van der Waals surface area contributed by atoms with E-state index in [1.54, 1.807) is 31.4 Å². The van der Waals surface area contributed by atoms with Crippen LogP contribution < -0.4 is 16.0 Å². The lowest BCUT2D eigenvalue weighted by molar-refractivity contribution is 0.0954. The Labute approximate surface area is 179 Å². The monoisotopic (exact) mass is 507 g/mol. The molecule has 26 heavy (non-hydrogen) atoms. The molecule has 0 aliphatic rings. The summed E-state index contributed by atoms with van der Waals surface area (Å²) in [6.07, 6.45) is 1.74. The van der Waals surface area contributed by atoms with E-state index in [-0.39, 0.29) is 29.9 Å². The van der Waals surface area contributed by atoms with Crippen LogP contribution in [-0.2, 0) is 6.54 Å². The largest absolute Gasteiger partial charge is 0.355 e. The van der Waals surface area contributed by atoms with Crippen LogP contribution in [-0.4, -0.2) is 37.0 Å². The summed E-state index contributed by atoms with van der Waals surface area (Å²) in [5, 5.41) is 9.84. The maximum Gasteiger partial charge on any atom is 0.251 e. The number of aliphatic imine (C=N–C) groups is 1. The number of nitrogens with zero attached hydrogens (tertiary/aromatic N) is 2. The van der Waals surface area contributed by atoms with Gasteiger partial charge in [0, 0.05) is 31.9 Å². The van der Waals surface area contributed by atoms with Crippen molar-refractivity contribution in [3.05, 3.63) is 63.9 Å². The number of benzene rings is 1. The van der Waals surface area contributed by atoms with Crippen LogP contribution in [0.15, 0.2) is 47.6 Å². The van der Waals surface area contributed by atoms with Crippen LogP contribution in [0.4, 0.5) is 0 Å². The zero-order valence-electron chi connectivity index (χ0n) is 14.1. The van der Waals surface area contributed by atoms with Crippen molar-refractivity contribution in [3.8, 4) is 0 Å². The second kappa shape index (κ2) is 11.9. The van der Waals surface area contributed by atoms with E-state index in [1.165, 1.54) is 0 Å². The summed E-state index contributed by atoms with van der Waals surface area (Å²) in [7, 11) is 1.68. The highest BCUT2D eigenvalue weighted by molar-refractivity contribution is 14.0. The first-order chi connectivity index (χ1) is 12.1. The molecule has 1 aromatic carbocycles. The average molecular weight is 508 g/mol. The fourth-order valence-electron chi connectivity index (χ4n) is 1.99. The second-order valence-corrected chi connectivity index (χ2v) is 5.87. The number of pyridine rings is 1. The van der Waals surface area contributed by atoms with Gasteiger partial charge in [-0.2, -0.15) is 0 Å². The molecule has 3 N–H and O–H groups in total. The molecule has 0 fully saturated rings. The average Bonchev–Trinajstić information content (AvgIpc) is 2.64. The van der Waals surface area contributed by atoms with Gasteiger partial charge in [0.2, 0.25) is 0 Å². The van der Waals surface area contributed by atoms with Crippen molar-refractivity contribution in [1.82, 2.24) is 20.9 Å². The summed E-state index contributed by atoms with van der Waals surface area (Å²) < 4.78 is 0. The minimum absolute atomic E-state index is 0. The van der Waals surface area contributed by atoms with Crippen LogP contribution in [0.2, 0.25) is 10.0 Å². The Morgan fingerprint density at radius 2 is 1.85 bits per heavy atom. The molecule has 2 rings (SSSR count). The van der Waals surface area contributed by atoms with Crippen molar-refractivity contribution >= 4 is 59.0 Å². The Morgan fingerprint density at radius 3 is 2.50 bits per heavy atom. The van der Waals surface area contributed by atoms with Gasteiger partial charge < -0.3 is 16.0 Å². The fourth-order valence-corrected chi connectivity index (χ4v) is 2.29. The SMILES string of the molecule is CN=C(NCCNC(=O)c1ccc(Cl)c(Cl)c1)NCc1ccccn1.I.